The number of nitrogens with zero attached hydrogens (tertiary/aromatic N) is 2. The van der Waals surface area contributed by atoms with Crippen LogP contribution in [0.4, 0.5) is 0 Å². The number of carbonyl (C=O) groups excluding carboxylic acids is 1. The van der Waals surface area contributed by atoms with E-state index in [1.807, 2.05) is 6.92 Å². The van der Waals surface area contributed by atoms with Gasteiger partial charge in [-0.15, -0.1) is 0 Å². The van der Waals surface area contributed by atoms with Gasteiger partial charge in [0.15, 0.2) is 10.4 Å². The third-order valence-electron chi connectivity index (χ3n) is 3.52. The molecule has 2 aromatic heterocycles. The zero-order chi connectivity index (χ0) is 13.5. The van der Waals surface area contributed by atoms with Gasteiger partial charge in [0.05, 0.1) is 5.54 Å². The highest BCUT2D eigenvalue weighted by molar-refractivity contribution is 9.10. The zero-order valence-corrected chi connectivity index (χ0v) is 12.0. The Balaban J connectivity index is 1.84. The Morgan fingerprint density at radius 1 is 1.58 bits per heavy atom. The van der Waals surface area contributed by atoms with Crippen molar-refractivity contribution in [3.63, 3.8) is 0 Å². The molecule has 0 bridgehead atoms. The minimum Gasteiger partial charge on any atom is -0.444 e. The third kappa shape index (κ3) is 2.07. The monoisotopic (exact) mass is 324 g/mol. The summed E-state index contributed by atoms with van der Waals surface area (Å²) in [5.74, 6) is 0.812. The largest absolute Gasteiger partial charge is 0.444 e. The van der Waals surface area contributed by atoms with Crippen molar-refractivity contribution in [1.29, 1.82) is 0 Å². The first-order chi connectivity index (χ1) is 9.11. The van der Waals surface area contributed by atoms with Gasteiger partial charge in [-0.3, -0.25) is 9.89 Å². The summed E-state index contributed by atoms with van der Waals surface area (Å²) >= 11 is 3.23. The third-order valence-corrected chi connectivity index (χ3v) is 3.91. The maximum absolute atomic E-state index is 12.3. The molecular formula is C12H13BrN4O2. The molecule has 1 amide bonds. The van der Waals surface area contributed by atoms with Crippen LogP contribution in [-0.4, -0.2) is 21.1 Å². The lowest BCUT2D eigenvalue weighted by molar-refractivity contribution is 0.0779. The van der Waals surface area contributed by atoms with Crippen LogP contribution in [0.5, 0.6) is 0 Å². The van der Waals surface area contributed by atoms with E-state index in [2.05, 4.69) is 36.4 Å². The van der Waals surface area contributed by atoms with E-state index in [1.165, 1.54) is 6.33 Å². The molecule has 0 spiro atoms. The molecule has 1 fully saturated rings. The lowest BCUT2D eigenvalue weighted by Crippen LogP contribution is -2.51. The number of hydrogen-bond donors (Lipinski definition) is 2. The van der Waals surface area contributed by atoms with Crippen LogP contribution in [0.25, 0.3) is 0 Å². The quantitative estimate of drug-likeness (QED) is 0.907. The van der Waals surface area contributed by atoms with E-state index in [9.17, 15) is 4.79 Å². The van der Waals surface area contributed by atoms with Gasteiger partial charge in [-0.25, -0.2) is 4.98 Å². The van der Waals surface area contributed by atoms with Gasteiger partial charge >= 0.3 is 0 Å². The van der Waals surface area contributed by atoms with Gasteiger partial charge in [0, 0.05) is 5.56 Å². The van der Waals surface area contributed by atoms with E-state index < -0.39 is 5.54 Å². The molecule has 0 saturated heterocycles. The average molecular weight is 325 g/mol. The van der Waals surface area contributed by atoms with Crippen LogP contribution in [-0.2, 0) is 5.54 Å². The Morgan fingerprint density at radius 3 is 2.84 bits per heavy atom. The zero-order valence-electron chi connectivity index (χ0n) is 10.4. The van der Waals surface area contributed by atoms with E-state index in [0.29, 0.717) is 16.3 Å². The predicted octanol–water partition coefficient (Wildman–Crippen LogP) is 2.28. The molecule has 1 aliphatic carbocycles. The molecular weight excluding hydrogens is 312 g/mol. The second kappa shape index (κ2) is 4.48. The maximum atomic E-state index is 12.3. The molecule has 100 valence electrons. The van der Waals surface area contributed by atoms with Gasteiger partial charge in [0.25, 0.3) is 5.91 Å². The van der Waals surface area contributed by atoms with Crippen molar-refractivity contribution in [2.24, 2.45) is 0 Å². The number of nitrogens with one attached hydrogen (secondary N) is 2. The Morgan fingerprint density at radius 2 is 2.37 bits per heavy atom. The van der Waals surface area contributed by atoms with Gasteiger partial charge < -0.3 is 9.73 Å². The molecule has 2 heterocycles. The molecule has 1 saturated carbocycles. The van der Waals surface area contributed by atoms with Crippen LogP contribution in [0.3, 0.4) is 0 Å². The van der Waals surface area contributed by atoms with Crippen molar-refractivity contribution < 1.29 is 9.21 Å². The minimum absolute atomic E-state index is 0.223. The number of aromatic amines is 1. The van der Waals surface area contributed by atoms with Crippen LogP contribution in [0, 0.1) is 6.92 Å². The average Bonchev–Trinajstić information content (AvgIpc) is 2.93. The molecule has 6 nitrogen and oxygen atoms in total. The van der Waals surface area contributed by atoms with E-state index in [1.54, 1.807) is 6.07 Å². The standard InChI is InChI=1S/C12H13BrN4O2/c1-7-5-8(13)19-9(7)10(18)16-12(3-2-4-12)11-14-6-15-17-11/h5-6H,2-4H2,1H3,(H,16,18)(H,14,15,17). The highest BCUT2D eigenvalue weighted by atomic mass is 79.9. The van der Waals surface area contributed by atoms with Gasteiger partial charge in [-0.05, 0) is 48.2 Å². The maximum Gasteiger partial charge on any atom is 0.288 e. The van der Waals surface area contributed by atoms with Crippen molar-refractivity contribution in [3.05, 3.63) is 34.2 Å². The molecule has 2 aromatic rings. The summed E-state index contributed by atoms with van der Waals surface area (Å²) in [5, 5.41) is 9.71. The molecule has 0 atom stereocenters. The number of furan rings is 1. The van der Waals surface area contributed by atoms with E-state index in [-0.39, 0.29) is 5.91 Å². The molecule has 0 unspecified atom stereocenters. The lowest BCUT2D eigenvalue weighted by atomic mass is 9.76. The van der Waals surface area contributed by atoms with Crippen LogP contribution in [0.2, 0.25) is 0 Å². The Labute approximate surface area is 118 Å². The number of rotatable bonds is 3. The fourth-order valence-corrected chi connectivity index (χ4v) is 2.84. The molecule has 19 heavy (non-hydrogen) atoms. The van der Waals surface area contributed by atoms with Crippen molar-refractivity contribution in [1.82, 2.24) is 20.5 Å². The first kappa shape index (κ1) is 12.4. The SMILES string of the molecule is Cc1cc(Br)oc1C(=O)NC1(c2ncn[nH]2)CCC1. The summed E-state index contributed by atoms with van der Waals surface area (Å²) in [6.45, 7) is 1.84. The number of amides is 1. The molecule has 2 N–H and O–H groups in total. The second-order valence-electron chi connectivity index (χ2n) is 4.79. The number of H-pyrrole nitrogens is 1. The van der Waals surface area contributed by atoms with Gasteiger partial charge in [-0.1, -0.05) is 0 Å². The molecule has 1 aliphatic rings. The fourth-order valence-electron chi connectivity index (χ4n) is 2.33. The predicted molar refractivity (Wildman–Crippen MR) is 70.5 cm³/mol. The Kier molecular flexibility index (Phi) is 2.93. The summed E-state index contributed by atoms with van der Waals surface area (Å²) in [4.78, 5) is 16.5. The lowest BCUT2D eigenvalue weighted by Gasteiger charge is -2.40. The minimum atomic E-state index is -0.431. The first-order valence-electron chi connectivity index (χ1n) is 6.05. The first-order valence-corrected chi connectivity index (χ1v) is 6.84. The smallest absolute Gasteiger partial charge is 0.288 e. The Hall–Kier alpha value is -1.63. The molecule has 7 heteroatoms. The van der Waals surface area contributed by atoms with Crippen LogP contribution in [0.15, 0.2) is 21.5 Å². The van der Waals surface area contributed by atoms with Gasteiger partial charge in [0.1, 0.15) is 12.2 Å². The van der Waals surface area contributed by atoms with Crippen LogP contribution < -0.4 is 5.32 Å². The van der Waals surface area contributed by atoms with Crippen molar-refractivity contribution in [2.45, 2.75) is 31.7 Å². The summed E-state index contributed by atoms with van der Waals surface area (Å²) in [5.41, 5.74) is 0.371. The topological polar surface area (TPSA) is 83.8 Å². The fraction of sp³-hybridized carbons (Fsp3) is 0.417. The van der Waals surface area contributed by atoms with Crippen molar-refractivity contribution in [3.8, 4) is 0 Å². The van der Waals surface area contributed by atoms with E-state index in [4.69, 9.17) is 4.42 Å². The molecule has 0 aromatic carbocycles. The number of aromatic nitrogens is 3. The number of halogens is 1. The van der Waals surface area contributed by atoms with Crippen molar-refractivity contribution >= 4 is 21.8 Å². The molecule has 3 rings (SSSR count). The number of carbonyl (C=O) groups is 1. The summed E-state index contributed by atoms with van der Waals surface area (Å²) < 4.78 is 5.92. The number of aryl methyl sites for hydroxylation is 1. The summed E-state index contributed by atoms with van der Waals surface area (Å²) in [6, 6.07) is 1.77. The highest BCUT2D eigenvalue weighted by Crippen LogP contribution is 2.39. The highest BCUT2D eigenvalue weighted by Gasteiger charge is 2.43. The molecule has 0 aliphatic heterocycles. The van der Waals surface area contributed by atoms with E-state index >= 15 is 0 Å². The van der Waals surface area contributed by atoms with Gasteiger partial charge in [0.2, 0.25) is 0 Å². The molecule has 0 radical (unpaired) electrons. The van der Waals surface area contributed by atoms with Crippen molar-refractivity contribution in [2.75, 3.05) is 0 Å². The summed E-state index contributed by atoms with van der Waals surface area (Å²) in [6.07, 6.45) is 4.22. The Bertz CT molecular complexity index is 601. The normalized spacial score (nSPS) is 16.9. The van der Waals surface area contributed by atoms with Crippen LogP contribution >= 0.6 is 15.9 Å². The summed E-state index contributed by atoms with van der Waals surface area (Å²) in [7, 11) is 0. The van der Waals surface area contributed by atoms with E-state index in [0.717, 1.165) is 24.8 Å². The van der Waals surface area contributed by atoms with Crippen LogP contribution in [0.1, 0.15) is 41.2 Å². The number of hydrogen-bond acceptors (Lipinski definition) is 4. The van der Waals surface area contributed by atoms with Gasteiger partial charge in [-0.2, -0.15) is 5.10 Å². The second-order valence-corrected chi connectivity index (χ2v) is 5.57.